The predicted octanol–water partition coefficient (Wildman–Crippen LogP) is 4.36. The molecule has 2 aromatic rings. The zero-order valence-electron chi connectivity index (χ0n) is 19.7. The summed E-state index contributed by atoms with van der Waals surface area (Å²) in [6.45, 7) is 9.96. The second-order valence-electron chi connectivity index (χ2n) is 9.46. The molecule has 1 aliphatic carbocycles. The number of H-pyrrole nitrogens is 1. The maximum absolute atomic E-state index is 13.2. The Labute approximate surface area is 189 Å². The first-order chi connectivity index (χ1) is 15.2. The van der Waals surface area contributed by atoms with Gasteiger partial charge in [0.1, 0.15) is 11.7 Å². The molecule has 0 bridgehead atoms. The molecule has 0 saturated heterocycles. The number of amides is 2. The van der Waals surface area contributed by atoms with Crippen LogP contribution in [0.15, 0.2) is 18.5 Å². The predicted molar refractivity (Wildman–Crippen MR) is 125 cm³/mol. The van der Waals surface area contributed by atoms with Gasteiger partial charge in [-0.05, 0) is 48.8 Å². The van der Waals surface area contributed by atoms with Gasteiger partial charge in [0.05, 0.1) is 11.9 Å². The number of nitrogens with one attached hydrogen (secondary N) is 3. The highest BCUT2D eigenvalue weighted by Gasteiger charge is 2.35. The van der Waals surface area contributed by atoms with Crippen LogP contribution < -0.4 is 10.6 Å². The minimum Gasteiger partial charge on any atom is -0.354 e. The Morgan fingerprint density at radius 1 is 1.25 bits per heavy atom. The second kappa shape index (κ2) is 9.67. The van der Waals surface area contributed by atoms with E-state index in [2.05, 4.69) is 34.4 Å². The van der Waals surface area contributed by atoms with Gasteiger partial charge in [-0.3, -0.25) is 19.4 Å². The van der Waals surface area contributed by atoms with E-state index in [4.69, 9.17) is 0 Å². The van der Waals surface area contributed by atoms with Gasteiger partial charge < -0.3 is 15.6 Å². The first-order valence-electron chi connectivity index (χ1n) is 11.5. The van der Waals surface area contributed by atoms with E-state index in [0.29, 0.717) is 41.8 Å². The number of unbranched alkanes of at least 4 members (excludes halogenated alkanes) is 1. The summed E-state index contributed by atoms with van der Waals surface area (Å²) in [5, 5.41) is 5.83. The summed E-state index contributed by atoms with van der Waals surface area (Å²) >= 11 is 0. The lowest BCUT2D eigenvalue weighted by molar-refractivity contribution is -0.118. The molecule has 2 aromatic heterocycles. The first kappa shape index (κ1) is 23.7. The van der Waals surface area contributed by atoms with Crippen molar-refractivity contribution in [2.75, 3.05) is 5.32 Å². The van der Waals surface area contributed by atoms with Crippen LogP contribution in [0.4, 0.5) is 5.69 Å². The third kappa shape index (κ3) is 5.09. The third-order valence-corrected chi connectivity index (χ3v) is 6.15. The van der Waals surface area contributed by atoms with Crippen LogP contribution in [0.5, 0.6) is 0 Å². The topological polar surface area (TPSA) is 104 Å². The van der Waals surface area contributed by atoms with Crippen molar-refractivity contribution in [2.24, 2.45) is 5.41 Å². The molecule has 3 N–H and O–H groups in total. The van der Waals surface area contributed by atoms with Gasteiger partial charge in [0.25, 0.3) is 5.91 Å². The van der Waals surface area contributed by atoms with Crippen molar-refractivity contribution in [1.29, 1.82) is 0 Å². The Morgan fingerprint density at radius 2 is 2.00 bits per heavy atom. The molecule has 3 rings (SSSR count). The number of carbonyl (C=O) groups excluding carboxylic acids is 3. The number of fused-ring (bicyclic) bond motifs is 1. The minimum atomic E-state index is -0.681. The van der Waals surface area contributed by atoms with Crippen LogP contribution in [0, 0.1) is 12.3 Å². The van der Waals surface area contributed by atoms with E-state index < -0.39 is 6.04 Å². The SMILES string of the molecule is CCCCC(NC(=O)c1[nH]c2c(c1C)C(=O)CC(C)(C)C2)C(=O)Nc1cnccc1CC. The molecule has 0 saturated carbocycles. The number of aromatic nitrogens is 2. The summed E-state index contributed by atoms with van der Waals surface area (Å²) in [6, 6.07) is 1.19. The van der Waals surface area contributed by atoms with Crippen molar-refractivity contribution in [2.45, 2.75) is 79.2 Å². The van der Waals surface area contributed by atoms with Gasteiger partial charge in [-0.15, -0.1) is 0 Å². The van der Waals surface area contributed by atoms with Gasteiger partial charge in [0.15, 0.2) is 5.78 Å². The quantitative estimate of drug-likeness (QED) is 0.569. The molecule has 0 fully saturated rings. The Balaban J connectivity index is 1.81. The highest BCUT2D eigenvalue weighted by molar-refractivity contribution is 6.06. The molecule has 7 heteroatoms. The van der Waals surface area contributed by atoms with Crippen LogP contribution in [0.1, 0.15) is 91.0 Å². The van der Waals surface area contributed by atoms with Gasteiger partial charge in [-0.2, -0.15) is 0 Å². The van der Waals surface area contributed by atoms with Crippen molar-refractivity contribution in [3.8, 4) is 0 Å². The Kier molecular flexibility index (Phi) is 7.16. The van der Waals surface area contributed by atoms with E-state index >= 15 is 0 Å². The zero-order valence-corrected chi connectivity index (χ0v) is 19.7. The number of pyridine rings is 1. The molecule has 1 aliphatic rings. The molecule has 172 valence electrons. The number of nitrogens with zero attached hydrogens (tertiary/aromatic N) is 1. The van der Waals surface area contributed by atoms with E-state index in [1.165, 1.54) is 0 Å². The van der Waals surface area contributed by atoms with Crippen molar-refractivity contribution in [1.82, 2.24) is 15.3 Å². The van der Waals surface area contributed by atoms with Gasteiger partial charge >= 0.3 is 0 Å². The number of carbonyl (C=O) groups is 3. The highest BCUT2D eigenvalue weighted by Crippen LogP contribution is 2.36. The summed E-state index contributed by atoms with van der Waals surface area (Å²) in [5.74, 6) is -0.561. The summed E-state index contributed by atoms with van der Waals surface area (Å²) in [5.41, 5.74) is 3.98. The molecular weight excluding hydrogens is 404 g/mol. The molecule has 0 spiro atoms. The van der Waals surface area contributed by atoms with E-state index in [0.717, 1.165) is 30.5 Å². The first-order valence-corrected chi connectivity index (χ1v) is 11.5. The summed E-state index contributed by atoms with van der Waals surface area (Å²) in [4.78, 5) is 46.2. The van der Waals surface area contributed by atoms with E-state index in [1.807, 2.05) is 19.9 Å². The Hall–Kier alpha value is -2.96. The monoisotopic (exact) mass is 438 g/mol. The number of Topliss-reactive ketones (excluding diaryl/α,β-unsaturated/α-hetero) is 1. The lowest BCUT2D eigenvalue weighted by Gasteiger charge is -2.28. The maximum Gasteiger partial charge on any atom is 0.268 e. The number of hydrogen-bond donors (Lipinski definition) is 3. The standard InChI is InChI=1S/C25H34N4O3/c1-6-8-9-17(23(31)29-19-14-26-11-10-16(19)7-2)28-24(32)22-15(3)21-18(27-22)12-25(4,5)13-20(21)30/h10-11,14,17,27H,6-9,12-13H2,1-5H3,(H,28,32)(H,29,31). The average Bonchev–Trinajstić information content (AvgIpc) is 3.06. The van der Waals surface area contributed by atoms with Crippen LogP contribution in [-0.2, 0) is 17.6 Å². The molecule has 7 nitrogen and oxygen atoms in total. The zero-order chi connectivity index (χ0) is 23.5. The molecule has 0 aromatic carbocycles. The molecular formula is C25H34N4O3. The lowest BCUT2D eigenvalue weighted by atomic mass is 9.75. The minimum absolute atomic E-state index is 0.0630. The number of aromatic amines is 1. The number of anilines is 1. The van der Waals surface area contributed by atoms with Gasteiger partial charge in [-0.25, -0.2) is 0 Å². The van der Waals surface area contributed by atoms with Crippen LogP contribution >= 0.6 is 0 Å². The lowest BCUT2D eigenvalue weighted by Crippen LogP contribution is -2.44. The van der Waals surface area contributed by atoms with Crippen molar-refractivity contribution >= 4 is 23.3 Å². The molecule has 0 aliphatic heterocycles. The Morgan fingerprint density at radius 3 is 2.69 bits per heavy atom. The summed E-state index contributed by atoms with van der Waals surface area (Å²) in [7, 11) is 0. The third-order valence-electron chi connectivity index (χ3n) is 6.15. The largest absolute Gasteiger partial charge is 0.354 e. The second-order valence-corrected chi connectivity index (χ2v) is 9.46. The smallest absolute Gasteiger partial charge is 0.268 e. The van der Waals surface area contributed by atoms with E-state index in [1.54, 1.807) is 19.3 Å². The van der Waals surface area contributed by atoms with Gasteiger partial charge in [0.2, 0.25) is 5.91 Å². The van der Waals surface area contributed by atoms with Crippen molar-refractivity contribution in [3.05, 3.63) is 46.5 Å². The molecule has 2 heterocycles. The van der Waals surface area contributed by atoms with E-state index in [9.17, 15) is 14.4 Å². The summed E-state index contributed by atoms with van der Waals surface area (Å²) < 4.78 is 0. The van der Waals surface area contributed by atoms with Crippen LogP contribution in [0.2, 0.25) is 0 Å². The number of aryl methyl sites for hydroxylation is 1. The fraction of sp³-hybridized carbons (Fsp3) is 0.520. The normalized spacial score (nSPS) is 15.7. The van der Waals surface area contributed by atoms with Crippen LogP contribution in [0.3, 0.4) is 0 Å². The highest BCUT2D eigenvalue weighted by atomic mass is 16.2. The number of hydrogen-bond acceptors (Lipinski definition) is 4. The molecule has 1 unspecified atom stereocenters. The number of rotatable bonds is 8. The fourth-order valence-corrected chi connectivity index (χ4v) is 4.43. The van der Waals surface area contributed by atoms with Crippen molar-refractivity contribution < 1.29 is 14.4 Å². The molecule has 1 atom stereocenters. The van der Waals surface area contributed by atoms with Crippen LogP contribution in [-0.4, -0.2) is 33.6 Å². The molecule has 32 heavy (non-hydrogen) atoms. The van der Waals surface area contributed by atoms with Crippen molar-refractivity contribution in [3.63, 3.8) is 0 Å². The Bertz CT molecular complexity index is 1020. The average molecular weight is 439 g/mol. The molecule has 2 amide bonds. The van der Waals surface area contributed by atoms with Gasteiger partial charge in [-0.1, -0.05) is 40.5 Å². The summed E-state index contributed by atoms with van der Waals surface area (Å²) in [6.07, 6.45) is 7.51. The van der Waals surface area contributed by atoms with Gasteiger partial charge in [0, 0.05) is 23.9 Å². The molecule has 0 radical (unpaired) electrons. The van der Waals surface area contributed by atoms with E-state index in [-0.39, 0.29) is 23.0 Å². The number of ketones is 1. The van der Waals surface area contributed by atoms with Crippen LogP contribution in [0.25, 0.3) is 0 Å². The fourth-order valence-electron chi connectivity index (χ4n) is 4.43. The maximum atomic E-state index is 13.2.